The molecule has 1 amide bonds. The van der Waals surface area contributed by atoms with E-state index in [2.05, 4.69) is 10.3 Å². The van der Waals surface area contributed by atoms with E-state index in [0.29, 0.717) is 0 Å². The zero-order valence-electron chi connectivity index (χ0n) is 12.3. The summed E-state index contributed by atoms with van der Waals surface area (Å²) in [6.07, 6.45) is -0.473. The molecule has 118 valence electrons. The first-order chi connectivity index (χ1) is 11.2. The van der Waals surface area contributed by atoms with Crippen molar-refractivity contribution in [3.63, 3.8) is 0 Å². The van der Waals surface area contributed by atoms with Gasteiger partial charge in [-0.15, -0.1) is 11.3 Å². The first kappa shape index (κ1) is 15.9. The van der Waals surface area contributed by atoms with Crippen LogP contribution in [0.3, 0.4) is 0 Å². The molecule has 2 aromatic heterocycles. The summed E-state index contributed by atoms with van der Waals surface area (Å²) in [6.45, 7) is 0.199. The van der Waals surface area contributed by atoms with Crippen LogP contribution in [0.4, 0.5) is 0 Å². The molecule has 0 aliphatic rings. The van der Waals surface area contributed by atoms with Crippen LogP contribution in [0.1, 0.15) is 17.4 Å². The van der Waals surface area contributed by atoms with E-state index in [1.807, 2.05) is 52.5 Å². The van der Waals surface area contributed by atoms with Crippen LogP contribution in [0.25, 0.3) is 10.6 Å². The molecule has 0 radical (unpaired) electrons. The average Bonchev–Trinajstić information content (AvgIpc) is 3.24. The van der Waals surface area contributed by atoms with Gasteiger partial charge in [0, 0.05) is 22.9 Å². The molecule has 3 aromatic rings. The fourth-order valence-electron chi connectivity index (χ4n) is 2.14. The van der Waals surface area contributed by atoms with Crippen molar-refractivity contribution >= 4 is 28.6 Å². The van der Waals surface area contributed by atoms with Gasteiger partial charge in [0.2, 0.25) is 5.91 Å². The highest BCUT2D eigenvalue weighted by Crippen LogP contribution is 2.25. The van der Waals surface area contributed by atoms with Crippen LogP contribution < -0.4 is 5.32 Å². The Morgan fingerprint density at radius 2 is 2.04 bits per heavy atom. The van der Waals surface area contributed by atoms with Crippen LogP contribution in [-0.4, -0.2) is 22.5 Å². The van der Waals surface area contributed by atoms with Gasteiger partial charge in [-0.1, -0.05) is 30.3 Å². The second kappa shape index (κ2) is 7.50. The number of aliphatic hydroxyl groups is 1. The monoisotopic (exact) mass is 344 g/mol. The highest BCUT2D eigenvalue weighted by molar-refractivity contribution is 7.14. The maximum atomic E-state index is 12.0. The lowest BCUT2D eigenvalue weighted by Gasteiger charge is -2.11. The number of carbonyl (C=O) groups is 1. The Morgan fingerprint density at radius 1 is 1.22 bits per heavy atom. The zero-order valence-corrected chi connectivity index (χ0v) is 13.9. The first-order valence-corrected chi connectivity index (χ1v) is 9.01. The Balaban J connectivity index is 1.52. The van der Waals surface area contributed by atoms with E-state index in [9.17, 15) is 9.90 Å². The first-order valence-electron chi connectivity index (χ1n) is 7.19. The number of aromatic nitrogens is 1. The average molecular weight is 344 g/mol. The Kier molecular flexibility index (Phi) is 5.17. The van der Waals surface area contributed by atoms with Crippen LogP contribution >= 0.6 is 22.7 Å². The highest BCUT2D eigenvalue weighted by atomic mass is 32.1. The van der Waals surface area contributed by atoms with Gasteiger partial charge in [0.25, 0.3) is 0 Å². The predicted molar refractivity (Wildman–Crippen MR) is 93.5 cm³/mol. The summed E-state index contributed by atoms with van der Waals surface area (Å²) >= 11 is 3.16. The van der Waals surface area contributed by atoms with Crippen molar-refractivity contribution in [3.8, 4) is 10.6 Å². The Hall–Kier alpha value is -2.02. The van der Waals surface area contributed by atoms with Gasteiger partial charge in [-0.25, -0.2) is 4.98 Å². The molecule has 1 atom stereocenters. The van der Waals surface area contributed by atoms with Crippen LogP contribution in [0.2, 0.25) is 0 Å². The minimum atomic E-state index is -0.697. The van der Waals surface area contributed by atoms with Crippen molar-refractivity contribution in [2.45, 2.75) is 12.5 Å². The number of nitrogens with zero attached hydrogens (tertiary/aromatic N) is 1. The van der Waals surface area contributed by atoms with Gasteiger partial charge in [0.05, 0.1) is 18.2 Å². The summed E-state index contributed by atoms with van der Waals surface area (Å²) < 4.78 is 0. The molecule has 0 bridgehead atoms. The number of rotatable bonds is 6. The summed E-state index contributed by atoms with van der Waals surface area (Å²) in [5, 5.41) is 19.7. The second-order valence-corrected chi connectivity index (χ2v) is 6.70. The molecule has 0 spiro atoms. The molecular weight excluding hydrogens is 328 g/mol. The van der Waals surface area contributed by atoms with Crippen molar-refractivity contribution in [1.82, 2.24) is 10.3 Å². The fraction of sp³-hybridized carbons (Fsp3) is 0.176. The molecule has 0 saturated heterocycles. The third-order valence-corrected chi connectivity index (χ3v) is 4.96. The fourth-order valence-corrected chi connectivity index (χ4v) is 3.67. The van der Waals surface area contributed by atoms with Crippen molar-refractivity contribution in [1.29, 1.82) is 0 Å². The van der Waals surface area contributed by atoms with Crippen molar-refractivity contribution in [2.75, 3.05) is 6.54 Å². The SMILES string of the molecule is O=C(Cc1csc(-c2ccsc2)n1)NCC(O)c1ccccc1. The molecular formula is C17H16N2O2S2. The quantitative estimate of drug-likeness (QED) is 0.721. The minimum absolute atomic E-state index is 0.137. The Morgan fingerprint density at radius 3 is 2.78 bits per heavy atom. The smallest absolute Gasteiger partial charge is 0.226 e. The van der Waals surface area contributed by atoms with Crippen LogP contribution in [0, 0.1) is 0 Å². The summed E-state index contributed by atoms with van der Waals surface area (Å²) in [4.78, 5) is 16.5. The number of thiazole rings is 1. The maximum absolute atomic E-state index is 12.0. The van der Waals surface area contributed by atoms with Gasteiger partial charge in [-0.2, -0.15) is 11.3 Å². The summed E-state index contributed by atoms with van der Waals surface area (Å²) in [5.41, 5.74) is 2.63. The van der Waals surface area contributed by atoms with Crippen molar-refractivity contribution in [3.05, 3.63) is 63.8 Å². The zero-order chi connectivity index (χ0) is 16.1. The number of amides is 1. The molecule has 23 heavy (non-hydrogen) atoms. The number of aliphatic hydroxyl groups excluding tert-OH is 1. The minimum Gasteiger partial charge on any atom is -0.387 e. The topological polar surface area (TPSA) is 62.2 Å². The van der Waals surface area contributed by atoms with Gasteiger partial charge in [-0.3, -0.25) is 4.79 Å². The van der Waals surface area contributed by atoms with Crippen molar-refractivity contribution < 1.29 is 9.90 Å². The molecule has 2 heterocycles. The van der Waals surface area contributed by atoms with Gasteiger partial charge in [-0.05, 0) is 17.0 Å². The molecule has 0 aliphatic carbocycles. The third-order valence-electron chi connectivity index (χ3n) is 3.34. The van der Waals surface area contributed by atoms with Crippen molar-refractivity contribution in [2.24, 2.45) is 0 Å². The summed E-state index contributed by atoms with van der Waals surface area (Å²) in [5.74, 6) is -0.137. The molecule has 2 N–H and O–H groups in total. The molecule has 4 nitrogen and oxygen atoms in total. The Bertz CT molecular complexity index is 754. The number of hydrogen-bond donors (Lipinski definition) is 2. The normalized spacial score (nSPS) is 12.0. The van der Waals surface area contributed by atoms with E-state index in [1.54, 1.807) is 11.3 Å². The van der Waals surface area contributed by atoms with Gasteiger partial charge in [0.1, 0.15) is 5.01 Å². The van der Waals surface area contributed by atoms with E-state index >= 15 is 0 Å². The second-order valence-electron chi connectivity index (χ2n) is 5.06. The molecule has 0 aliphatic heterocycles. The molecule has 6 heteroatoms. The van der Waals surface area contributed by atoms with E-state index in [4.69, 9.17) is 0 Å². The van der Waals surface area contributed by atoms with Gasteiger partial charge >= 0.3 is 0 Å². The van der Waals surface area contributed by atoms with E-state index in [0.717, 1.165) is 21.8 Å². The standard InChI is InChI=1S/C17H16N2O2S2/c20-15(12-4-2-1-3-5-12)9-18-16(21)8-14-11-23-17(19-14)13-6-7-22-10-13/h1-7,10-11,15,20H,8-9H2,(H,18,21). The molecule has 3 rings (SSSR count). The van der Waals surface area contributed by atoms with Crippen LogP contribution in [0.15, 0.2) is 52.5 Å². The molecule has 0 fully saturated rings. The predicted octanol–water partition coefficient (Wildman–Crippen LogP) is 3.26. The number of nitrogens with one attached hydrogen (secondary N) is 1. The number of carbonyl (C=O) groups excluding carboxylic acids is 1. The number of benzene rings is 1. The van der Waals surface area contributed by atoms with Crippen LogP contribution in [-0.2, 0) is 11.2 Å². The van der Waals surface area contributed by atoms with Gasteiger partial charge < -0.3 is 10.4 Å². The maximum Gasteiger partial charge on any atom is 0.226 e. The van der Waals surface area contributed by atoms with Crippen LogP contribution in [0.5, 0.6) is 0 Å². The highest BCUT2D eigenvalue weighted by Gasteiger charge is 2.12. The molecule has 1 aromatic carbocycles. The summed E-state index contributed by atoms with van der Waals surface area (Å²) in [6, 6.07) is 11.3. The lowest BCUT2D eigenvalue weighted by molar-refractivity contribution is -0.120. The lowest BCUT2D eigenvalue weighted by Crippen LogP contribution is -2.29. The van der Waals surface area contributed by atoms with E-state index in [1.165, 1.54) is 11.3 Å². The van der Waals surface area contributed by atoms with E-state index < -0.39 is 6.10 Å². The number of thiophene rings is 1. The van der Waals surface area contributed by atoms with Gasteiger partial charge in [0.15, 0.2) is 0 Å². The number of hydrogen-bond acceptors (Lipinski definition) is 5. The lowest BCUT2D eigenvalue weighted by atomic mass is 10.1. The molecule has 1 unspecified atom stereocenters. The third kappa shape index (κ3) is 4.25. The van der Waals surface area contributed by atoms with E-state index in [-0.39, 0.29) is 18.9 Å². The Labute approximate surface area is 142 Å². The largest absolute Gasteiger partial charge is 0.387 e. The molecule has 0 saturated carbocycles. The summed E-state index contributed by atoms with van der Waals surface area (Å²) in [7, 11) is 0.